The number of fused-ring (bicyclic) bond motifs is 2. The van der Waals surface area contributed by atoms with Gasteiger partial charge in [0.25, 0.3) is 11.7 Å². The third-order valence-corrected chi connectivity index (χ3v) is 5.45. The van der Waals surface area contributed by atoms with E-state index in [1.54, 1.807) is 12.0 Å². The molecule has 2 aromatic carbocycles. The van der Waals surface area contributed by atoms with Gasteiger partial charge in [0.1, 0.15) is 5.75 Å². The molecular formula is C23H27NO4. The van der Waals surface area contributed by atoms with Crippen LogP contribution >= 0.6 is 0 Å². The fraction of sp³-hybridized carbons (Fsp3) is 0.435. The summed E-state index contributed by atoms with van der Waals surface area (Å²) in [6, 6.07) is 14.0. The second-order valence-corrected chi connectivity index (χ2v) is 7.36. The molecule has 2 aromatic rings. The first-order valence-electron chi connectivity index (χ1n) is 10.0. The highest BCUT2D eigenvalue weighted by Gasteiger charge is 2.54. The Labute approximate surface area is 166 Å². The van der Waals surface area contributed by atoms with Crippen LogP contribution in [0.1, 0.15) is 42.9 Å². The maximum atomic E-state index is 13.4. The summed E-state index contributed by atoms with van der Waals surface area (Å²) in [6.07, 6.45) is 4.06. The number of nitrogens with zero attached hydrogens (tertiary/aromatic N) is 1. The molecule has 2 aliphatic rings. The van der Waals surface area contributed by atoms with Gasteiger partial charge < -0.3 is 19.1 Å². The maximum Gasteiger partial charge on any atom is 0.292 e. The van der Waals surface area contributed by atoms with Crippen LogP contribution in [0.25, 0.3) is 0 Å². The van der Waals surface area contributed by atoms with Gasteiger partial charge in [0.2, 0.25) is 0 Å². The summed E-state index contributed by atoms with van der Waals surface area (Å²) in [5.41, 5.74) is 3.97. The van der Waals surface area contributed by atoms with Gasteiger partial charge in [0, 0.05) is 5.56 Å². The minimum absolute atomic E-state index is 0.134. The molecule has 0 aromatic heterocycles. The lowest BCUT2D eigenvalue weighted by atomic mass is 10.00. The van der Waals surface area contributed by atoms with Gasteiger partial charge in [-0.05, 0) is 54.7 Å². The Balaban J connectivity index is 1.69. The molecule has 5 heteroatoms. The molecule has 0 unspecified atom stereocenters. The quantitative estimate of drug-likeness (QED) is 0.753. The average Bonchev–Trinajstić information content (AvgIpc) is 2.96. The molecule has 0 atom stereocenters. The fourth-order valence-electron chi connectivity index (χ4n) is 3.90. The van der Waals surface area contributed by atoms with Crippen molar-refractivity contribution in [2.24, 2.45) is 0 Å². The summed E-state index contributed by atoms with van der Waals surface area (Å²) < 4.78 is 17.2. The Kier molecular flexibility index (Phi) is 5.38. The van der Waals surface area contributed by atoms with Crippen molar-refractivity contribution in [3.63, 3.8) is 0 Å². The highest BCUT2D eigenvalue weighted by atomic mass is 16.7. The zero-order valence-electron chi connectivity index (χ0n) is 16.6. The van der Waals surface area contributed by atoms with Crippen molar-refractivity contribution in [3.8, 4) is 5.75 Å². The van der Waals surface area contributed by atoms with E-state index in [4.69, 9.17) is 14.2 Å². The van der Waals surface area contributed by atoms with Crippen molar-refractivity contribution in [3.05, 3.63) is 59.2 Å². The molecule has 148 valence electrons. The number of amides is 1. The Morgan fingerprint density at radius 3 is 2.46 bits per heavy atom. The first-order chi connectivity index (χ1) is 13.7. The summed E-state index contributed by atoms with van der Waals surface area (Å²) in [4.78, 5) is 15.2. The van der Waals surface area contributed by atoms with Crippen LogP contribution < -0.4 is 9.64 Å². The standard InChI is InChI=1S/C23H27NO4/c1-3-4-6-17-9-12-21-20(15-17)23(27-13-5-14-28-23)22(25)24(21)16-18-7-10-19(26-2)11-8-18/h7-12,15H,3-6,13-14,16H2,1-2H3. The van der Waals surface area contributed by atoms with Crippen LogP contribution in [0.2, 0.25) is 0 Å². The Morgan fingerprint density at radius 1 is 1.07 bits per heavy atom. The summed E-state index contributed by atoms with van der Waals surface area (Å²) in [5.74, 6) is -0.624. The number of benzene rings is 2. The van der Waals surface area contributed by atoms with E-state index < -0.39 is 5.79 Å². The predicted octanol–water partition coefficient (Wildman–Crippen LogP) is 4.17. The van der Waals surface area contributed by atoms with Crippen LogP contribution in [0, 0.1) is 0 Å². The SMILES string of the molecule is CCCCc1ccc2c(c1)C1(OCCCO1)C(=O)N2Cc1ccc(OC)cc1. The second-order valence-electron chi connectivity index (χ2n) is 7.36. The third-order valence-electron chi connectivity index (χ3n) is 5.45. The van der Waals surface area contributed by atoms with Crippen LogP contribution in [-0.2, 0) is 33.0 Å². The number of anilines is 1. The maximum absolute atomic E-state index is 13.4. The monoisotopic (exact) mass is 381 g/mol. The molecule has 0 saturated carbocycles. The number of methoxy groups -OCH3 is 1. The molecule has 4 rings (SSSR count). The number of rotatable bonds is 6. The molecule has 5 nitrogen and oxygen atoms in total. The smallest absolute Gasteiger partial charge is 0.292 e. The van der Waals surface area contributed by atoms with Crippen molar-refractivity contribution in [1.29, 1.82) is 0 Å². The van der Waals surface area contributed by atoms with Crippen molar-refractivity contribution >= 4 is 11.6 Å². The van der Waals surface area contributed by atoms with Gasteiger partial charge in [-0.15, -0.1) is 0 Å². The van der Waals surface area contributed by atoms with Crippen molar-refractivity contribution in [2.75, 3.05) is 25.2 Å². The Bertz CT molecular complexity index is 840. The lowest BCUT2D eigenvalue weighted by molar-refractivity contribution is -0.256. The molecule has 1 amide bonds. The zero-order valence-corrected chi connectivity index (χ0v) is 16.6. The molecular weight excluding hydrogens is 354 g/mol. The number of hydrogen-bond acceptors (Lipinski definition) is 4. The normalized spacial score (nSPS) is 17.8. The van der Waals surface area contributed by atoms with Gasteiger partial charge in [-0.1, -0.05) is 31.5 Å². The van der Waals surface area contributed by atoms with E-state index in [9.17, 15) is 4.79 Å². The Hall–Kier alpha value is -2.37. The van der Waals surface area contributed by atoms with Crippen molar-refractivity contribution in [1.82, 2.24) is 0 Å². The van der Waals surface area contributed by atoms with E-state index in [0.717, 1.165) is 48.2 Å². The van der Waals surface area contributed by atoms with E-state index in [-0.39, 0.29) is 5.91 Å². The molecule has 0 radical (unpaired) electrons. The third kappa shape index (κ3) is 3.29. The molecule has 0 N–H and O–H groups in total. The van der Waals surface area contributed by atoms with Gasteiger partial charge >= 0.3 is 0 Å². The number of carbonyl (C=O) groups excluding carboxylic acids is 1. The Morgan fingerprint density at radius 2 is 1.79 bits per heavy atom. The largest absolute Gasteiger partial charge is 0.497 e. The van der Waals surface area contributed by atoms with Crippen LogP contribution in [0.3, 0.4) is 0 Å². The topological polar surface area (TPSA) is 48.0 Å². The minimum Gasteiger partial charge on any atom is -0.497 e. The first-order valence-corrected chi connectivity index (χ1v) is 10.0. The van der Waals surface area contributed by atoms with Gasteiger partial charge in [0.15, 0.2) is 0 Å². The van der Waals surface area contributed by atoms with E-state index >= 15 is 0 Å². The van der Waals surface area contributed by atoms with Crippen LogP contribution in [0.15, 0.2) is 42.5 Å². The van der Waals surface area contributed by atoms with Crippen molar-refractivity contribution < 1.29 is 19.0 Å². The summed E-state index contributed by atoms with van der Waals surface area (Å²) >= 11 is 0. The minimum atomic E-state index is -1.29. The molecule has 2 aliphatic heterocycles. The molecule has 1 spiro atoms. The second kappa shape index (κ2) is 7.94. The molecule has 28 heavy (non-hydrogen) atoms. The van der Waals surface area contributed by atoms with E-state index in [2.05, 4.69) is 19.1 Å². The van der Waals surface area contributed by atoms with E-state index in [1.165, 1.54) is 5.56 Å². The molecule has 2 heterocycles. The van der Waals surface area contributed by atoms with Gasteiger partial charge in [-0.2, -0.15) is 0 Å². The number of ether oxygens (including phenoxy) is 3. The van der Waals surface area contributed by atoms with Crippen molar-refractivity contribution in [2.45, 2.75) is 44.9 Å². The van der Waals surface area contributed by atoms with Crippen LogP contribution in [0.5, 0.6) is 5.75 Å². The lowest BCUT2D eigenvalue weighted by Gasteiger charge is -2.32. The molecule has 1 saturated heterocycles. The van der Waals surface area contributed by atoms with Crippen LogP contribution in [0.4, 0.5) is 5.69 Å². The highest BCUT2D eigenvalue weighted by Crippen LogP contribution is 2.46. The summed E-state index contributed by atoms with van der Waals surface area (Å²) in [7, 11) is 1.65. The fourth-order valence-corrected chi connectivity index (χ4v) is 3.90. The number of unbranched alkanes of at least 4 members (excludes halogenated alkanes) is 1. The summed E-state index contributed by atoms with van der Waals surface area (Å²) in [6.45, 7) is 3.71. The predicted molar refractivity (Wildman–Crippen MR) is 107 cm³/mol. The highest BCUT2D eigenvalue weighted by molar-refractivity contribution is 6.06. The van der Waals surface area contributed by atoms with Crippen LogP contribution in [-0.4, -0.2) is 26.2 Å². The zero-order chi connectivity index (χ0) is 19.6. The summed E-state index contributed by atoms with van der Waals surface area (Å²) in [5, 5.41) is 0. The number of carbonyl (C=O) groups is 1. The molecule has 1 fully saturated rings. The molecule has 0 aliphatic carbocycles. The number of hydrogen-bond donors (Lipinski definition) is 0. The van der Waals surface area contributed by atoms with Gasteiger partial charge in [0.05, 0.1) is 32.6 Å². The van der Waals surface area contributed by atoms with Gasteiger partial charge in [-0.25, -0.2) is 0 Å². The van der Waals surface area contributed by atoms with E-state index in [0.29, 0.717) is 19.8 Å². The number of aryl methyl sites for hydroxylation is 1. The van der Waals surface area contributed by atoms with E-state index in [1.807, 2.05) is 30.3 Å². The lowest BCUT2D eigenvalue weighted by Crippen LogP contribution is -2.47. The van der Waals surface area contributed by atoms with Gasteiger partial charge in [-0.3, -0.25) is 4.79 Å². The average molecular weight is 381 g/mol. The first kappa shape index (κ1) is 19.0. The molecule has 0 bridgehead atoms.